The Morgan fingerprint density at radius 1 is 1.17 bits per heavy atom. The normalized spacial score (nSPS) is 17.3. The first-order chi connectivity index (χ1) is 20.0. The molecule has 42 heavy (non-hydrogen) atoms. The van der Waals surface area contributed by atoms with Crippen molar-refractivity contribution in [2.24, 2.45) is 0 Å². The van der Waals surface area contributed by atoms with E-state index in [-0.39, 0.29) is 28.9 Å². The number of fused-ring (bicyclic) bond motifs is 1. The van der Waals surface area contributed by atoms with Gasteiger partial charge in [-0.2, -0.15) is 4.52 Å². The molecule has 1 aliphatic heterocycles. The quantitative estimate of drug-likeness (QED) is 0.323. The number of anilines is 3. The van der Waals surface area contributed by atoms with Gasteiger partial charge in [-0.15, -0.1) is 5.10 Å². The predicted molar refractivity (Wildman–Crippen MR) is 154 cm³/mol. The van der Waals surface area contributed by atoms with Gasteiger partial charge in [0.1, 0.15) is 5.60 Å². The fourth-order valence-corrected chi connectivity index (χ4v) is 4.65. The Balaban J connectivity index is 1.51. The summed E-state index contributed by atoms with van der Waals surface area (Å²) in [7, 11) is 0. The molecule has 1 saturated heterocycles. The van der Waals surface area contributed by atoms with Gasteiger partial charge >= 0.3 is 6.09 Å². The molecule has 1 aliphatic carbocycles. The van der Waals surface area contributed by atoms with Crippen LogP contribution < -0.4 is 10.6 Å². The first-order valence-electron chi connectivity index (χ1n) is 13.5. The number of imidazole rings is 1. The molecule has 0 bridgehead atoms. The Bertz CT molecular complexity index is 1580. The number of carbonyl (C=O) groups is 2. The third-order valence-electron chi connectivity index (χ3n) is 6.75. The highest BCUT2D eigenvalue weighted by Crippen LogP contribution is 2.30. The molecule has 1 atom stereocenters. The number of nitrogens with zero attached hydrogens (tertiary/aromatic N) is 6. The summed E-state index contributed by atoms with van der Waals surface area (Å²) < 4.78 is 12.1. The molecule has 2 amide bonds. The lowest BCUT2D eigenvalue weighted by atomic mass is 9.94. The second-order valence-electron chi connectivity index (χ2n) is 10.9. The highest BCUT2D eigenvalue weighted by Gasteiger charge is 2.29. The maximum atomic E-state index is 12.9. The smallest absolute Gasteiger partial charge is 0.413 e. The van der Waals surface area contributed by atoms with Gasteiger partial charge in [-0.3, -0.25) is 20.2 Å². The second kappa shape index (κ2) is 11.6. The zero-order chi connectivity index (χ0) is 30.0. The van der Waals surface area contributed by atoms with Crippen molar-refractivity contribution >= 4 is 40.5 Å². The minimum atomic E-state index is -0.903. The molecule has 220 valence electrons. The van der Waals surface area contributed by atoms with Crippen LogP contribution in [0.5, 0.6) is 0 Å². The predicted octanol–water partition coefficient (Wildman–Crippen LogP) is 4.07. The first-order valence-corrected chi connectivity index (χ1v) is 13.5. The zero-order valence-electron chi connectivity index (χ0n) is 23.8. The van der Waals surface area contributed by atoms with Crippen molar-refractivity contribution in [3.63, 3.8) is 0 Å². The minimum Gasteiger partial charge on any atom is -0.444 e. The summed E-state index contributed by atoms with van der Waals surface area (Å²) in [4.78, 5) is 47.6. The van der Waals surface area contributed by atoms with Gasteiger partial charge in [0.2, 0.25) is 6.04 Å². The van der Waals surface area contributed by atoms with Crippen molar-refractivity contribution in [2.45, 2.75) is 45.8 Å². The monoisotopic (exact) mass is 576 g/mol. The Labute approximate surface area is 241 Å². The van der Waals surface area contributed by atoms with Crippen molar-refractivity contribution in [3.8, 4) is 0 Å². The molecule has 0 radical (unpaired) electrons. The molecule has 1 fully saturated rings. The SMILES string of the molecule is CC1=C(c2nc(Nc3ccc(C(=O)N4CCOCC4)cc3)c3ncc(NC(=O)OC(C)(C)C)n3n2)C=CCC1[N+](=O)[O-]. The molecule has 5 rings (SSSR count). The van der Waals surface area contributed by atoms with E-state index >= 15 is 0 Å². The van der Waals surface area contributed by atoms with E-state index in [9.17, 15) is 19.7 Å². The lowest BCUT2D eigenvalue weighted by molar-refractivity contribution is -0.511. The van der Waals surface area contributed by atoms with Crippen LogP contribution in [0.2, 0.25) is 0 Å². The zero-order valence-corrected chi connectivity index (χ0v) is 23.8. The summed E-state index contributed by atoms with van der Waals surface area (Å²) in [6.07, 6.45) is 4.46. The van der Waals surface area contributed by atoms with Crippen LogP contribution in [0.25, 0.3) is 11.2 Å². The van der Waals surface area contributed by atoms with E-state index in [1.807, 2.05) is 0 Å². The molecule has 2 aromatic heterocycles. The molecule has 2 aliphatic rings. The Morgan fingerprint density at radius 3 is 2.55 bits per heavy atom. The maximum absolute atomic E-state index is 12.9. The van der Waals surface area contributed by atoms with Crippen molar-refractivity contribution in [1.29, 1.82) is 0 Å². The van der Waals surface area contributed by atoms with Crippen molar-refractivity contribution < 1.29 is 24.0 Å². The number of rotatable bonds is 6. The molecule has 0 spiro atoms. The third kappa shape index (κ3) is 6.22. The average Bonchev–Trinajstić information content (AvgIpc) is 3.35. The number of aromatic nitrogens is 4. The fraction of sp³-hybridized carbons (Fsp3) is 0.393. The molecule has 1 unspecified atom stereocenters. The van der Waals surface area contributed by atoms with Crippen LogP contribution >= 0.6 is 0 Å². The molecule has 14 heteroatoms. The van der Waals surface area contributed by atoms with Gasteiger partial charge in [0.05, 0.1) is 19.4 Å². The van der Waals surface area contributed by atoms with Crippen LogP contribution in [0.3, 0.4) is 0 Å². The number of ether oxygens (including phenoxy) is 2. The highest BCUT2D eigenvalue weighted by molar-refractivity contribution is 5.94. The molecular weight excluding hydrogens is 544 g/mol. The van der Waals surface area contributed by atoms with E-state index in [0.29, 0.717) is 60.2 Å². The fourth-order valence-electron chi connectivity index (χ4n) is 4.65. The highest BCUT2D eigenvalue weighted by atomic mass is 16.6. The summed E-state index contributed by atoms with van der Waals surface area (Å²) >= 11 is 0. The summed E-state index contributed by atoms with van der Waals surface area (Å²) in [6, 6.07) is 6.04. The Hall–Kier alpha value is -4.85. The topological polar surface area (TPSA) is 166 Å². The van der Waals surface area contributed by atoms with Crippen molar-refractivity contribution in [2.75, 3.05) is 36.9 Å². The third-order valence-corrected chi connectivity index (χ3v) is 6.75. The number of nitro groups is 1. The van der Waals surface area contributed by atoms with Crippen molar-refractivity contribution in [3.05, 3.63) is 69.7 Å². The number of benzene rings is 1. The van der Waals surface area contributed by atoms with Gasteiger partial charge in [-0.05, 0) is 52.0 Å². The molecule has 3 heterocycles. The summed E-state index contributed by atoms with van der Waals surface area (Å²) in [5.74, 6) is 0.645. The van der Waals surface area contributed by atoms with E-state index in [4.69, 9.17) is 9.47 Å². The van der Waals surface area contributed by atoms with Crippen LogP contribution in [0, 0.1) is 10.1 Å². The lowest BCUT2D eigenvalue weighted by Crippen LogP contribution is -2.40. The molecule has 3 aromatic rings. The molecule has 2 N–H and O–H groups in total. The van der Waals surface area contributed by atoms with Gasteiger partial charge in [0, 0.05) is 46.8 Å². The van der Waals surface area contributed by atoms with Crippen LogP contribution in [-0.4, -0.2) is 79.4 Å². The number of allylic oxidation sites excluding steroid dienone is 2. The minimum absolute atomic E-state index is 0.0745. The van der Waals surface area contributed by atoms with Crippen LogP contribution in [0.4, 0.5) is 22.1 Å². The molecular formula is C28H32N8O6. The number of nitrogens with one attached hydrogen (secondary N) is 2. The van der Waals surface area contributed by atoms with Gasteiger partial charge in [0.25, 0.3) is 5.91 Å². The summed E-state index contributed by atoms with van der Waals surface area (Å²) in [5, 5.41) is 22.1. The first kappa shape index (κ1) is 28.7. The van der Waals surface area contributed by atoms with Gasteiger partial charge in [-0.25, -0.2) is 14.8 Å². The summed E-state index contributed by atoms with van der Waals surface area (Å²) in [5.41, 5.74) is 1.75. The largest absolute Gasteiger partial charge is 0.444 e. The second-order valence-corrected chi connectivity index (χ2v) is 10.9. The lowest BCUT2D eigenvalue weighted by Gasteiger charge is -2.26. The Kier molecular flexibility index (Phi) is 7.89. The summed E-state index contributed by atoms with van der Waals surface area (Å²) in [6.45, 7) is 9.05. The van der Waals surface area contributed by atoms with E-state index in [0.717, 1.165) is 0 Å². The standard InChI is InChI=1S/C28H32N8O6/c1-17-20(6-5-7-21(17)36(39)40)23-32-24(25-29-16-22(35(25)33-23)31-27(38)42-28(2,3)4)30-19-10-8-18(9-11-19)26(37)34-12-14-41-15-13-34/h5-6,8-11,16,21H,7,12-15H2,1-4H3,(H,31,38)(H,30,32,33). The molecule has 14 nitrogen and oxygen atoms in total. The van der Waals surface area contributed by atoms with E-state index in [2.05, 4.69) is 25.7 Å². The van der Waals surface area contributed by atoms with Crippen LogP contribution in [0.1, 0.15) is 50.3 Å². The van der Waals surface area contributed by atoms with E-state index < -0.39 is 17.7 Å². The molecule has 1 aromatic carbocycles. The maximum Gasteiger partial charge on any atom is 0.413 e. The number of morpholine rings is 1. The number of hydrogen-bond donors (Lipinski definition) is 2. The number of carbonyl (C=O) groups excluding carboxylic acids is 2. The number of hydrogen-bond acceptors (Lipinski definition) is 10. The van der Waals surface area contributed by atoms with Gasteiger partial charge in [0.15, 0.2) is 23.1 Å². The van der Waals surface area contributed by atoms with Gasteiger partial charge in [-0.1, -0.05) is 12.2 Å². The van der Waals surface area contributed by atoms with Crippen LogP contribution in [0.15, 0.2) is 48.2 Å². The van der Waals surface area contributed by atoms with Crippen LogP contribution in [-0.2, 0) is 9.47 Å². The average molecular weight is 577 g/mol. The number of amides is 2. The van der Waals surface area contributed by atoms with E-state index in [1.54, 1.807) is 69.0 Å². The van der Waals surface area contributed by atoms with E-state index in [1.165, 1.54) is 10.7 Å². The van der Waals surface area contributed by atoms with Gasteiger partial charge < -0.3 is 19.7 Å². The Morgan fingerprint density at radius 2 is 1.88 bits per heavy atom. The van der Waals surface area contributed by atoms with Crippen molar-refractivity contribution in [1.82, 2.24) is 24.5 Å². The molecule has 0 saturated carbocycles.